The molecule has 0 unspecified atom stereocenters. The monoisotopic (exact) mass is 478 g/mol. The van der Waals surface area contributed by atoms with Crippen LogP contribution in [0.1, 0.15) is 23.1 Å². The maximum absolute atomic E-state index is 12.3. The van der Waals surface area contributed by atoms with E-state index in [0.717, 1.165) is 5.56 Å². The quantitative estimate of drug-likeness (QED) is 0.285. The van der Waals surface area contributed by atoms with Crippen LogP contribution in [0.25, 0.3) is 11.4 Å². The Balaban J connectivity index is 1.31. The van der Waals surface area contributed by atoms with Crippen LogP contribution in [0.3, 0.4) is 0 Å². The highest BCUT2D eigenvalue weighted by Crippen LogP contribution is 2.18. The lowest BCUT2D eigenvalue weighted by molar-refractivity contribution is -0.113. The predicted molar refractivity (Wildman–Crippen MR) is 125 cm³/mol. The number of anilines is 1. The normalized spacial score (nSPS) is 10.8. The number of nitrogens with zero attached hydrogens (tertiary/aromatic N) is 7. The second-order valence-electron chi connectivity index (χ2n) is 7.10. The second-order valence-corrected chi connectivity index (χ2v) is 8.04. The molecule has 0 atom stereocenters. The van der Waals surface area contributed by atoms with E-state index < -0.39 is 5.97 Å². The number of carbonyl (C=O) groups excluding carboxylic acids is 2. The molecule has 0 fully saturated rings. The van der Waals surface area contributed by atoms with Gasteiger partial charge in [0.15, 0.2) is 11.0 Å². The van der Waals surface area contributed by atoms with Crippen LogP contribution < -0.4 is 5.32 Å². The first-order valence-electron chi connectivity index (χ1n) is 10.4. The Morgan fingerprint density at radius 2 is 1.79 bits per heavy atom. The molecule has 34 heavy (non-hydrogen) atoms. The number of rotatable bonds is 9. The Labute approximate surface area is 199 Å². The smallest absolute Gasteiger partial charge is 0.338 e. The van der Waals surface area contributed by atoms with Crippen molar-refractivity contribution in [3.05, 3.63) is 66.0 Å². The molecule has 1 N–H and O–H groups in total. The summed E-state index contributed by atoms with van der Waals surface area (Å²) in [4.78, 5) is 25.5. The first-order chi connectivity index (χ1) is 16.5. The van der Waals surface area contributed by atoms with Crippen LogP contribution in [-0.2, 0) is 23.1 Å². The van der Waals surface area contributed by atoms with Crippen molar-refractivity contribution >= 4 is 29.3 Å². The molecule has 0 bridgehead atoms. The largest absolute Gasteiger partial charge is 0.462 e. The number of tetrazole rings is 1. The predicted octanol–water partition coefficient (Wildman–Crippen LogP) is 2.42. The first kappa shape index (κ1) is 23.1. The Morgan fingerprint density at radius 3 is 2.53 bits per heavy atom. The fourth-order valence-electron chi connectivity index (χ4n) is 2.98. The van der Waals surface area contributed by atoms with Gasteiger partial charge in [-0.25, -0.2) is 4.79 Å². The number of ether oxygens (including phenoxy) is 1. The van der Waals surface area contributed by atoms with Gasteiger partial charge in [0.2, 0.25) is 11.7 Å². The van der Waals surface area contributed by atoms with E-state index in [0.29, 0.717) is 41.2 Å². The van der Waals surface area contributed by atoms with Crippen LogP contribution in [0, 0.1) is 0 Å². The van der Waals surface area contributed by atoms with Gasteiger partial charge < -0.3 is 14.6 Å². The van der Waals surface area contributed by atoms with Crippen LogP contribution in [0.4, 0.5) is 5.69 Å². The molecule has 0 spiro atoms. The Kier molecular flexibility index (Phi) is 7.28. The molecule has 0 aliphatic heterocycles. The van der Waals surface area contributed by atoms with Crippen LogP contribution in [-0.4, -0.2) is 59.2 Å². The number of esters is 1. The number of carbonyl (C=O) groups is 2. The summed E-state index contributed by atoms with van der Waals surface area (Å²) < 4.78 is 6.74. The molecule has 2 aromatic heterocycles. The molecular formula is C22H22N8O3S. The van der Waals surface area contributed by atoms with Gasteiger partial charge in [0.25, 0.3) is 0 Å². The maximum atomic E-state index is 12.3. The molecule has 1 amide bonds. The topological polar surface area (TPSA) is 130 Å². The number of aromatic nitrogens is 7. The van der Waals surface area contributed by atoms with Gasteiger partial charge in [0.05, 0.1) is 17.9 Å². The molecular weight excluding hydrogens is 456 g/mol. The maximum Gasteiger partial charge on any atom is 0.338 e. The molecule has 0 saturated carbocycles. The summed E-state index contributed by atoms with van der Waals surface area (Å²) >= 11 is 1.26. The lowest BCUT2D eigenvalue weighted by Gasteiger charge is -2.07. The van der Waals surface area contributed by atoms with E-state index in [-0.39, 0.29) is 11.7 Å². The van der Waals surface area contributed by atoms with Crippen molar-refractivity contribution in [2.24, 2.45) is 7.05 Å². The Bertz CT molecular complexity index is 1270. The third-order valence-electron chi connectivity index (χ3n) is 4.70. The van der Waals surface area contributed by atoms with Crippen molar-refractivity contribution in [2.45, 2.75) is 18.6 Å². The lowest BCUT2D eigenvalue weighted by Crippen LogP contribution is -2.15. The second kappa shape index (κ2) is 10.7. The number of amides is 1. The van der Waals surface area contributed by atoms with Gasteiger partial charge in [-0.15, -0.1) is 20.4 Å². The lowest BCUT2D eigenvalue weighted by atomic mass is 10.2. The van der Waals surface area contributed by atoms with Gasteiger partial charge in [-0.2, -0.15) is 4.80 Å². The van der Waals surface area contributed by atoms with Gasteiger partial charge in [-0.3, -0.25) is 4.79 Å². The summed E-state index contributed by atoms with van der Waals surface area (Å²) in [6.07, 6.45) is 0. The van der Waals surface area contributed by atoms with Crippen molar-refractivity contribution in [2.75, 3.05) is 17.7 Å². The highest BCUT2D eigenvalue weighted by Gasteiger charge is 2.14. The molecule has 0 aliphatic carbocycles. The number of nitrogens with one attached hydrogen (secondary N) is 1. The van der Waals surface area contributed by atoms with E-state index in [1.54, 1.807) is 35.8 Å². The molecule has 0 radical (unpaired) electrons. The van der Waals surface area contributed by atoms with E-state index in [2.05, 4.69) is 30.9 Å². The third-order valence-corrected chi connectivity index (χ3v) is 5.73. The van der Waals surface area contributed by atoms with Crippen molar-refractivity contribution in [1.82, 2.24) is 35.0 Å². The van der Waals surface area contributed by atoms with Gasteiger partial charge in [-0.1, -0.05) is 42.1 Å². The summed E-state index contributed by atoms with van der Waals surface area (Å²) in [6, 6.07) is 16.1. The van der Waals surface area contributed by atoms with Gasteiger partial charge in [-0.05, 0) is 36.4 Å². The summed E-state index contributed by atoms with van der Waals surface area (Å²) in [7, 11) is 1.82. The number of hydrogen-bond donors (Lipinski definition) is 1. The third kappa shape index (κ3) is 5.64. The molecule has 2 heterocycles. The van der Waals surface area contributed by atoms with Crippen molar-refractivity contribution in [1.29, 1.82) is 0 Å². The van der Waals surface area contributed by atoms with E-state index in [1.165, 1.54) is 16.6 Å². The summed E-state index contributed by atoms with van der Waals surface area (Å²) in [5, 5.41) is 24.3. The Hall–Kier alpha value is -4.06. The van der Waals surface area contributed by atoms with E-state index in [1.807, 2.05) is 37.4 Å². The van der Waals surface area contributed by atoms with Crippen LogP contribution >= 0.6 is 11.8 Å². The number of thioether (sulfide) groups is 1. The minimum Gasteiger partial charge on any atom is -0.462 e. The minimum absolute atomic E-state index is 0.144. The fourth-order valence-corrected chi connectivity index (χ4v) is 3.71. The summed E-state index contributed by atoms with van der Waals surface area (Å²) in [5.74, 6) is 0.708. The van der Waals surface area contributed by atoms with Gasteiger partial charge in [0.1, 0.15) is 6.54 Å². The Morgan fingerprint density at radius 1 is 1.03 bits per heavy atom. The van der Waals surface area contributed by atoms with Crippen molar-refractivity contribution in [3.8, 4) is 11.4 Å². The van der Waals surface area contributed by atoms with E-state index in [9.17, 15) is 9.59 Å². The molecule has 0 aliphatic rings. The zero-order valence-electron chi connectivity index (χ0n) is 18.6. The molecule has 4 rings (SSSR count). The molecule has 11 nitrogen and oxygen atoms in total. The molecule has 4 aromatic rings. The zero-order chi connectivity index (χ0) is 23.9. The zero-order valence-corrected chi connectivity index (χ0v) is 19.4. The standard InChI is InChI=1S/C22H22N8O3S/c1-3-33-21(32)16-9-11-17(12-10-16)23-19(31)14-34-22-26-24-18(29(22)2)13-30-27-20(25-28-30)15-7-5-4-6-8-15/h4-12H,3,13-14H2,1-2H3,(H,23,31). The van der Waals surface area contributed by atoms with E-state index in [4.69, 9.17) is 4.74 Å². The van der Waals surface area contributed by atoms with Crippen molar-refractivity contribution < 1.29 is 14.3 Å². The number of hydrogen-bond acceptors (Lipinski definition) is 9. The number of benzene rings is 2. The highest BCUT2D eigenvalue weighted by atomic mass is 32.2. The summed E-state index contributed by atoms with van der Waals surface area (Å²) in [5.41, 5.74) is 1.90. The van der Waals surface area contributed by atoms with Crippen LogP contribution in [0.5, 0.6) is 0 Å². The SMILES string of the molecule is CCOC(=O)c1ccc(NC(=O)CSc2nnc(Cn3nnc(-c4ccccc4)n3)n2C)cc1. The van der Waals surface area contributed by atoms with Crippen molar-refractivity contribution in [3.63, 3.8) is 0 Å². The van der Waals surface area contributed by atoms with Gasteiger partial charge >= 0.3 is 5.97 Å². The van der Waals surface area contributed by atoms with E-state index >= 15 is 0 Å². The molecule has 0 saturated heterocycles. The van der Waals surface area contributed by atoms with Crippen LogP contribution in [0.2, 0.25) is 0 Å². The molecule has 174 valence electrons. The molecule has 12 heteroatoms. The highest BCUT2D eigenvalue weighted by molar-refractivity contribution is 7.99. The first-order valence-corrected chi connectivity index (χ1v) is 11.4. The van der Waals surface area contributed by atoms with Crippen LogP contribution in [0.15, 0.2) is 59.8 Å². The molecule has 2 aromatic carbocycles. The average molecular weight is 479 g/mol. The summed E-state index contributed by atoms with van der Waals surface area (Å²) in [6.45, 7) is 2.35. The average Bonchev–Trinajstić information content (AvgIpc) is 3.46. The minimum atomic E-state index is -0.397. The van der Waals surface area contributed by atoms with Gasteiger partial charge in [0, 0.05) is 18.3 Å². The fraction of sp³-hybridized carbons (Fsp3) is 0.227.